The Balaban J connectivity index is 2.46. The molecular formula is C14H10Br2ClF. The second kappa shape index (κ2) is 5.72. The second-order valence-electron chi connectivity index (χ2n) is 4.04. The van der Waals surface area contributed by atoms with E-state index in [0.717, 1.165) is 25.6 Å². The van der Waals surface area contributed by atoms with Gasteiger partial charge in [0.15, 0.2) is 0 Å². The minimum atomic E-state index is -0.382. The number of benzene rings is 2. The van der Waals surface area contributed by atoms with Crippen molar-refractivity contribution in [2.45, 2.75) is 12.3 Å². The molecule has 94 valence electrons. The molecule has 0 aliphatic rings. The molecule has 0 saturated heterocycles. The van der Waals surface area contributed by atoms with Crippen LogP contribution in [0.4, 0.5) is 4.39 Å². The van der Waals surface area contributed by atoms with Crippen LogP contribution in [0.1, 0.15) is 22.1 Å². The molecular weight excluding hydrogens is 382 g/mol. The zero-order valence-electron chi connectivity index (χ0n) is 9.55. The fourth-order valence-electron chi connectivity index (χ4n) is 1.70. The third-order valence-corrected chi connectivity index (χ3v) is 4.72. The van der Waals surface area contributed by atoms with Crippen LogP contribution in [0.5, 0.6) is 0 Å². The molecule has 0 fully saturated rings. The maximum atomic E-state index is 13.2. The lowest BCUT2D eigenvalue weighted by molar-refractivity contribution is 0.626. The molecule has 0 radical (unpaired) electrons. The van der Waals surface area contributed by atoms with Crippen LogP contribution in [0.15, 0.2) is 45.3 Å². The van der Waals surface area contributed by atoms with Crippen molar-refractivity contribution in [3.05, 3.63) is 67.9 Å². The highest BCUT2D eigenvalue weighted by Gasteiger charge is 2.16. The molecule has 2 aromatic rings. The quantitative estimate of drug-likeness (QED) is 0.551. The van der Waals surface area contributed by atoms with E-state index in [1.807, 2.05) is 25.1 Å². The van der Waals surface area contributed by atoms with E-state index in [9.17, 15) is 4.39 Å². The van der Waals surface area contributed by atoms with Gasteiger partial charge in [-0.25, -0.2) is 4.39 Å². The van der Waals surface area contributed by atoms with Crippen LogP contribution in [0.25, 0.3) is 0 Å². The molecule has 0 nitrogen and oxygen atoms in total. The van der Waals surface area contributed by atoms with Gasteiger partial charge in [0.25, 0.3) is 0 Å². The van der Waals surface area contributed by atoms with Crippen molar-refractivity contribution in [1.82, 2.24) is 0 Å². The van der Waals surface area contributed by atoms with E-state index >= 15 is 0 Å². The van der Waals surface area contributed by atoms with Gasteiger partial charge >= 0.3 is 0 Å². The van der Waals surface area contributed by atoms with E-state index in [1.54, 1.807) is 6.07 Å². The van der Waals surface area contributed by atoms with E-state index in [-0.39, 0.29) is 11.2 Å². The largest absolute Gasteiger partial charge is 0.207 e. The van der Waals surface area contributed by atoms with Crippen LogP contribution in [0, 0.1) is 12.7 Å². The normalized spacial score (nSPS) is 12.5. The molecule has 2 aromatic carbocycles. The SMILES string of the molecule is Cc1cc(Br)c(C(Cl)c2cccc(F)c2)cc1Br. The van der Waals surface area contributed by atoms with Crippen molar-refractivity contribution < 1.29 is 4.39 Å². The summed E-state index contributed by atoms with van der Waals surface area (Å²) in [5.41, 5.74) is 2.78. The molecule has 18 heavy (non-hydrogen) atoms. The maximum Gasteiger partial charge on any atom is 0.123 e. The summed E-state index contributed by atoms with van der Waals surface area (Å²) < 4.78 is 15.1. The minimum absolute atomic E-state index is 0.277. The monoisotopic (exact) mass is 390 g/mol. The number of rotatable bonds is 2. The van der Waals surface area contributed by atoms with E-state index < -0.39 is 0 Å². The average molecular weight is 392 g/mol. The number of halogens is 4. The van der Waals surface area contributed by atoms with Crippen molar-refractivity contribution >= 4 is 43.5 Å². The van der Waals surface area contributed by atoms with Gasteiger partial charge in [0.05, 0.1) is 5.38 Å². The molecule has 0 aliphatic heterocycles. The third kappa shape index (κ3) is 2.95. The number of hydrogen-bond donors (Lipinski definition) is 0. The minimum Gasteiger partial charge on any atom is -0.207 e. The first-order valence-corrected chi connectivity index (χ1v) is 7.36. The summed E-state index contributed by atoms with van der Waals surface area (Å²) in [6.45, 7) is 2.00. The number of aryl methyl sites for hydroxylation is 1. The van der Waals surface area contributed by atoms with Gasteiger partial charge in [-0.15, -0.1) is 11.6 Å². The first-order chi connectivity index (χ1) is 8.49. The van der Waals surface area contributed by atoms with E-state index in [2.05, 4.69) is 31.9 Å². The Kier molecular flexibility index (Phi) is 4.46. The summed E-state index contributed by atoms with van der Waals surface area (Å²) in [4.78, 5) is 0. The Hall–Kier alpha value is -0.380. The summed E-state index contributed by atoms with van der Waals surface area (Å²) in [5.74, 6) is -0.277. The zero-order chi connectivity index (χ0) is 13.3. The van der Waals surface area contributed by atoms with E-state index in [4.69, 9.17) is 11.6 Å². The molecule has 0 N–H and O–H groups in total. The Morgan fingerprint density at radius 3 is 2.50 bits per heavy atom. The molecule has 0 heterocycles. The van der Waals surface area contributed by atoms with Crippen molar-refractivity contribution in [2.75, 3.05) is 0 Å². The van der Waals surface area contributed by atoms with Gasteiger partial charge in [-0.05, 0) is 47.9 Å². The van der Waals surface area contributed by atoms with Gasteiger partial charge in [0.2, 0.25) is 0 Å². The summed E-state index contributed by atoms with van der Waals surface area (Å²) in [6, 6.07) is 10.3. The van der Waals surface area contributed by atoms with Crippen molar-refractivity contribution in [2.24, 2.45) is 0 Å². The summed E-state index contributed by atoms with van der Waals surface area (Å²) in [6.07, 6.45) is 0. The van der Waals surface area contributed by atoms with Crippen LogP contribution >= 0.6 is 43.5 Å². The molecule has 0 aromatic heterocycles. The second-order valence-corrected chi connectivity index (χ2v) is 6.19. The average Bonchev–Trinajstić information content (AvgIpc) is 2.33. The van der Waals surface area contributed by atoms with Crippen LogP contribution < -0.4 is 0 Å². The fraction of sp³-hybridized carbons (Fsp3) is 0.143. The summed E-state index contributed by atoms with van der Waals surface area (Å²) in [7, 11) is 0. The van der Waals surface area contributed by atoms with Gasteiger partial charge in [0.1, 0.15) is 5.82 Å². The highest BCUT2D eigenvalue weighted by atomic mass is 79.9. The topological polar surface area (TPSA) is 0 Å². The lowest BCUT2D eigenvalue weighted by atomic mass is 10.0. The molecule has 0 aliphatic carbocycles. The van der Waals surface area contributed by atoms with Crippen molar-refractivity contribution in [3.8, 4) is 0 Å². The summed E-state index contributed by atoms with van der Waals surface area (Å²) >= 11 is 13.4. The Morgan fingerprint density at radius 2 is 1.83 bits per heavy atom. The molecule has 2 rings (SSSR count). The Bertz CT molecular complexity index is 584. The van der Waals surface area contributed by atoms with E-state index in [1.165, 1.54) is 12.1 Å². The lowest BCUT2D eigenvalue weighted by Crippen LogP contribution is -1.96. The maximum absolute atomic E-state index is 13.2. The predicted molar refractivity (Wildman–Crippen MR) is 80.7 cm³/mol. The molecule has 0 spiro atoms. The van der Waals surface area contributed by atoms with Gasteiger partial charge in [-0.1, -0.05) is 44.0 Å². The van der Waals surface area contributed by atoms with Crippen molar-refractivity contribution in [1.29, 1.82) is 0 Å². The van der Waals surface area contributed by atoms with Crippen LogP contribution in [-0.2, 0) is 0 Å². The van der Waals surface area contributed by atoms with Gasteiger partial charge in [-0.3, -0.25) is 0 Å². The van der Waals surface area contributed by atoms with Crippen LogP contribution in [0.3, 0.4) is 0 Å². The molecule has 1 atom stereocenters. The first kappa shape index (κ1) is 14.0. The Labute approximate surface area is 127 Å². The fourth-order valence-corrected chi connectivity index (χ4v) is 3.20. The van der Waals surface area contributed by atoms with Crippen LogP contribution in [0.2, 0.25) is 0 Å². The van der Waals surface area contributed by atoms with E-state index in [0.29, 0.717) is 0 Å². The van der Waals surface area contributed by atoms with Gasteiger partial charge < -0.3 is 0 Å². The number of hydrogen-bond acceptors (Lipinski definition) is 0. The smallest absolute Gasteiger partial charge is 0.123 e. The highest BCUT2D eigenvalue weighted by molar-refractivity contribution is 9.11. The molecule has 4 heteroatoms. The van der Waals surface area contributed by atoms with Crippen LogP contribution in [-0.4, -0.2) is 0 Å². The highest BCUT2D eigenvalue weighted by Crippen LogP contribution is 2.36. The van der Waals surface area contributed by atoms with Gasteiger partial charge in [-0.2, -0.15) is 0 Å². The molecule has 0 bridgehead atoms. The molecule has 0 amide bonds. The molecule has 0 saturated carbocycles. The first-order valence-electron chi connectivity index (χ1n) is 5.34. The number of alkyl halides is 1. The third-order valence-electron chi connectivity index (χ3n) is 2.69. The Morgan fingerprint density at radius 1 is 1.11 bits per heavy atom. The van der Waals surface area contributed by atoms with Gasteiger partial charge in [0, 0.05) is 8.95 Å². The summed E-state index contributed by atoms with van der Waals surface area (Å²) in [5, 5.41) is -0.382. The molecule has 1 unspecified atom stereocenters. The lowest BCUT2D eigenvalue weighted by Gasteiger charge is -2.14. The van der Waals surface area contributed by atoms with Crippen molar-refractivity contribution in [3.63, 3.8) is 0 Å². The zero-order valence-corrected chi connectivity index (χ0v) is 13.5. The standard InChI is InChI=1S/C14H10Br2ClF/c1-8-5-13(16)11(7-12(8)15)14(17)9-3-2-4-10(18)6-9/h2-7,14H,1H3. The predicted octanol–water partition coefficient (Wildman–Crippen LogP) is 5.99.